The Balaban J connectivity index is 1.60. The van der Waals surface area contributed by atoms with Crippen LogP contribution in [0.15, 0.2) is 91.0 Å². The zero-order chi connectivity index (χ0) is 25.6. The molecule has 0 aliphatic heterocycles. The van der Waals surface area contributed by atoms with Gasteiger partial charge in [-0.25, -0.2) is 4.79 Å². The van der Waals surface area contributed by atoms with Crippen LogP contribution in [-0.4, -0.2) is 18.5 Å². The molecule has 1 aliphatic rings. The number of thiophene rings is 1. The van der Waals surface area contributed by atoms with Gasteiger partial charge in [0.05, 0.1) is 18.1 Å². The van der Waals surface area contributed by atoms with E-state index in [9.17, 15) is 9.59 Å². The summed E-state index contributed by atoms with van der Waals surface area (Å²) in [6, 6.07) is 30.3. The Morgan fingerprint density at radius 1 is 0.811 bits per heavy atom. The fourth-order valence-electron chi connectivity index (χ4n) is 5.32. The van der Waals surface area contributed by atoms with Gasteiger partial charge in [-0.2, -0.15) is 0 Å². The fraction of sp³-hybridized carbons (Fsp3) is 0.250. The number of anilines is 1. The molecule has 1 atom stereocenters. The standard InChI is InChI=1S/C32H31NO3S/c1-2-36-32(35)29-25-20-12-13-21-26(25)37-31(29)33-30(34)28(24-18-10-5-11-19-24)27(22-14-6-3-7-15-22)23-16-8-4-9-17-23/h3-11,14-19,27-28H,2,12-13,20-21H2,1H3,(H,33,34). The normalized spacial score (nSPS) is 13.6. The number of amides is 1. The first kappa shape index (κ1) is 25.0. The lowest BCUT2D eigenvalue weighted by atomic mass is 9.76. The molecule has 0 saturated carbocycles. The molecule has 4 aromatic rings. The molecule has 0 spiro atoms. The summed E-state index contributed by atoms with van der Waals surface area (Å²) in [4.78, 5) is 28.5. The monoisotopic (exact) mass is 509 g/mol. The van der Waals surface area contributed by atoms with E-state index in [0.717, 1.165) is 47.9 Å². The summed E-state index contributed by atoms with van der Waals surface area (Å²) < 4.78 is 5.42. The Kier molecular flexibility index (Phi) is 7.81. The highest BCUT2D eigenvalue weighted by atomic mass is 32.1. The maximum Gasteiger partial charge on any atom is 0.341 e. The van der Waals surface area contributed by atoms with Crippen LogP contribution in [0.25, 0.3) is 0 Å². The third-order valence-corrected chi connectivity index (χ3v) is 8.19. The topological polar surface area (TPSA) is 55.4 Å². The van der Waals surface area contributed by atoms with E-state index < -0.39 is 5.92 Å². The highest BCUT2D eigenvalue weighted by Gasteiger charge is 2.34. The summed E-state index contributed by atoms with van der Waals surface area (Å²) in [5, 5.41) is 3.81. The molecular formula is C32H31NO3S. The molecule has 3 aromatic carbocycles. The maximum atomic E-state index is 14.3. The average Bonchev–Trinajstić information content (AvgIpc) is 3.31. The van der Waals surface area contributed by atoms with Crippen LogP contribution >= 0.6 is 11.3 Å². The van der Waals surface area contributed by atoms with Crippen LogP contribution in [0.1, 0.15) is 69.1 Å². The molecule has 5 heteroatoms. The maximum absolute atomic E-state index is 14.3. The van der Waals surface area contributed by atoms with E-state index in [1.165, 1.54) is 16.2 Å². The van der Waals surface area contributed by atoms with Gasteiger partial charge in [0.25, 0.3) is 0 Å². The van der Waals surface area contributed by atoms with Gasteiger partial charge in [0.15, 0.2) is 0 Å². The van der Waals surface area contributed by atoms with Crippen LogP contribution in [0, 0.1) is 0 Å². The number of ether oxygens (including phenoxy) is 1. The molecule has 188 valence electrons. The predicted molar refractivity (Wildman–Crippen MR) is 149 cm³/mol. The minimum atomic E-state index is -0.500. The number of carbonyl (C=O) groups excluding carboxylic acids is 2. The first-order valence-electron chi connectivity index (χ1n) is 12.9. The Morgan fingerprint density at radius 2 is 1.35 bits per heavy atom. The van der Waals surface area contributed by atoms with Crippen molar-refractivity contribution in [3.05, 3.63) is 124 Å². The molecule has 0 fully saturated rings. The molecule has 1 unspecified atom stereocenters. The van der Waals surface area contributed by atoms with Gasteiger partial charge < -0.3 is 10.1 Å². The lowest BCUT2D eigenvalue weighted by molar-refractivity contribution is -0.117. The largest absolute Gasteiger partial charge is 0.462 e. The molecule has 1 amide bonds. The van der Waals surface area contributed by atoms with Crippen molar-refractivity contribution in [2.75, 3.05) is 11.9 Å². The van der Waals surface area contributed by atoms with E-state index in [1.54, 1.807) is 0 Å². The van der Waals surface area contributed by atoms with Crippen molar-refractivity contribution < 1.29 is 14.3 Å². The second-order valence-corrected chi connectivity index (χ2v) is 10.4. The Labute approximate surface area is 222 Å². The highest BCUT2D eigenvalue weighted by Crippen LogP contribution is 2.42. The van der Waals surface area contributed by atoms with Gasteiger partial charge >= 0.3 is 5.97 Å². The zero-order valence-corrected chi connectivity index (χ0v) is 21.8. The molecule has 0 saturated heterocycles. The van der Waals surface area contributed by atoms with Crippen molar-refractivity contribution in [2.24, 2.45) is 0 Å². The van der Waals surface area contributed by atoms with Crippen LogP contribution in [0.3, 0.4) is 0 Å². The highest BCUT2D eigenvalue weighted by molar-refractivity contribution is 7.17. The lowest BCUT2D eigenvalue weighted by Gasteiger charge is -2.28. The molecule has 4 nitrogen and oxygen atoms in total. The van der Waals surface area contributed by atoms with Crippen LogP contribution in [-0.2, 0) is 22.4 Å². The summed E-state index contributed by atoms with van der Waals surface area (Å²) >= 11 is 1.53. The SMILES string of the molecule is CCOC(=O)c1c(NC(=O)C(c2ccccc2)C(c2ccccc2)c2ccccc2)sc2c1CCCC2. The van der Waals surface area contributed by atoms with Crippen LogP contribution < -0.4 is 5.32 Å². The van der Waals surface area contributed by atoms with E-state index in [1.807, 2.05) is 73.7 Å². The molecule has 5 rings (SSSR count). The first-order valence-corrected chi connectivity index (χ1v) is 13.8. The third kappa shape index (κ3) is 5.37. The van der Waals surface area contributed by atoms with Crippen molar-refractivity contribution in [2.45, 2.75) is 44.4 Å². The van der Waals surface area contributed by atoms with E-state index in [-0.39, 0.29) is 17.8 Å². The van der Waals surface area contributed by atoms with E-state index >= 15 is 0 Å². The molecule has 0 bridgehead atoms. The lowest BCUT2D eigenvalue weighted by Crippen LogP contribution is -2.28. The van der Waals surface area contributed by atoms with Crippen LogP contribution in [0.2, 0.25) is 0 Å². The van der Waals surface area contributed by atoms with Gasteiger partial charge in [0.1, 0.15) is 5.00 Å². The van der Waals surface area contributed by atoms with Gasteiger partial charge in [-0.1, -0.05) is 91.0 Å². The van der Waals surface area contributed by atoms with Crippen molar-refractivity contribution in [1.29, 1.82) is 0 Å². The number of hydrogen-bond acceptors (Lipinski definition) is 4. The Bertz CT molecular complexity index is 1310. The number of fused-ring (bicyclic) bond motifs is 1. The molecule has 37 heavy (non-hydrogen) atoms. The summed E-state index contributed by atoms with van der Waals surface area (Å²) in [5.74, 6) is -1.19. The second-order valence-electron chi connectivity index (χ2n) is 9.31. The van der Waals surface area contributed by atoms with E-state index in [0.29, 0.717) is 17.2 Å². The number of rotatable bonds is 8. The number of nitrogens with one attached hydrogen (secondary N) is 1. The molecule has 0 radical (unpaired) electrons. The summed E-state index contributed by atoms with van der Waals surface area (Å²) in [5.41, 5.74) is 4.64. The molecule has 1 aromatic heterocycles. The average molecular weight is 510 g/mol. The van der Waals surface area contributed by atoms with Gasteiger partial charge in [-0.05, 0) is 54.9 Å². The molecule has 1 N–H and O–H groups in total. The zero-order valence-electron chi connectivity index (χ0n) is 21.0. The van der Waals surface area contributed by atoms with E-state index in [2.05, 4.69) is 29.6 Å². The van der Waals surface area contributed by atoms with Crippen LogP contribution in [0.4, 0.5) is 5.00 Å². The summed E-state index contributed by atoms with van der Waals surface area (Å²) in [6.45, 7) is 2.11. The minimum absolute atomic E-state index is 0.131. The van der Waals surface area contributed by atoms with Gasteiger partial charge in [-0.3, -0.25) is 4.79 Å². The Hall–Kier alpha value is -3.70. The van der Waals surface area contributed by atoms with Crippen LogP contribution in [0.5, 0.6) is 0 Å². The van der Waals surface area contributed by atoms with Crippen molar-refractivity contribution in [3.63, 3.8) is 0 Å². The summed E-state index contributed by atoms with van der Waals surface area (Å²) in [7, 11) is 0. The smallest absolute Gasteiger partial charge is 0.341 e. The Morgan fingerprint density at radius 3 is 1.92 bits per heavy atom. The van der Waals surface area contributed by atoms with Crippen molar-refractivity contribution >= 4 is 28.2 Å². The summed E-state index contributed by atoms with van der Waals surface area (Å²) in [6.07, 6.45) is 3.91. The minimum Gasteiger partial charge on any atom is -0.462 e. The van der Waals surface area contributed by atoms with Gasteiger partial charge in [0.2, 0.25) is 5.91 Å². The number of hydrogen-bond donors (Lipinski definition) is 1. The van der Waals surface area contributed by atoms with Gasteiger partial charge in [0, 0.05) is 10.8 Å². The first-order chi connectivity index (χ1) is 18.2. The number of benzene rings is 3. The second kappa shape index (κ2) is 11.6. The van der Waals surface area contributed by atoms with Crippen molar-refractivity contribution in [1.82, 2.24) is 0 Å². The quantitative estimate of drug-likeness (QED) is 0.253. The molecule has 1 aliphatic carbocycles. The molecular weight excluding hydrogens is 478 g/mol. The third-order valence-electron chi connectivity index (χ3n) is 6.98. The van der Waals surface area contributed by atoms with Crippen molar-refractivity contribution in [3.8, 4) is 0 Å². The number of esters is 1. The number of aryl methyl sites for hydroxylation is 1. The fourth-order valence-corrected chi connectivity index (χ4v) is 6.60. The van der Waals surface area contributed by atoms with E-state index in [4.69, 9.17) is 4.74 Å². The molecule has 1 heterocycles. The van der Waals surface area contributed by atoms with Gasteiger partial charge in [-0.15, -0.1) is 11.3 Å². The predicted octanol–water partition coefficient (Wildman–Crippen LogP) is 7.36. The number of carbonyl (C=O) groups is 2.